The lowest BCUT2D eigenvalue weighted by Gasteiger charge is -2.33. The number of hydrogen-bond donors (Lipinski definition) is 0. The summed E-state index contributed by atoms with van der Waals surface area (Å²) in [5.74, 6) is 0.971. The van der Waals surface area contributed by atoms with Crippen LogP contribution in [0.4, 0.5) is 5.69 Å². The monoisotopic (exact) mass is 339 g/mol. The lowest BCUT2D eigenvalue weighted by atomic mass is 10.1. The van der Waals surface area contributed by atoms with Crippen LogP contribution in [0.25, 0.3) is 10.2 Å². The van der Waals surface area contributed by atoms with E-state index in [0.29, 0.717) is 5.52 Å². The van der Waals surface area contributed by atoms with Crippen LogP contribution in [0.5, 0.6) is 11.5 Å². The Labute approximate surface area is 145 Å². The molecule has 4 rings (SSSR count). The van der Waals surface area contributed by atoms with E-state index in [1.54, 1.807) is 5.51 Å². The highest BCUT2D eigenvalue weighted by atomic mass is 32.1. The zero-order chi connectivity index (χ0) is 16.5. The molecule has 1 aliphatic rings. The Bertz CT molecular complexity index is 836. The van der Waals surface area contributed by atoms with E-state index in [0.717, 1.165) is 42.1 Å². The van der Waals surface area contributed by atoms with Gasteiger partial charge < -0.3 is 9.64 Å². The van der Waals surface area contributed by atoms with Gasteiger partial charge >= 0.3 is 0 Å². The summed E-state index contributed by atoms with van der Waals surface area (Å²) in [6.45, 7) is 3.74. The second-order valence-corrected chi connectivity index (χ2v) is 7.12. The van der Waals surface area contributed by atoms with E-state index in [1.807, 2.05) is 24.3 Å². The maximum Gasteiger partial charge on any atom is 0.228 e. The third kappa shape index (κ3) is 2.91. The first-order valence-corrected chi connectivity index (χ1v) is 9.10. The highest BCUT2D eigenvalue weighted by Crippen LogP contribution is 2.37. The zero-order valence-corrected chi connectivity index (χ0v) is 14.4. The Morgan fingerprint density at radius 2 is 1.88 bits per heavy atom. The third-order valence-corrected chi connectivity index (χ3v) is 5.34. The number of fused-ring (bicyclic) bond motifs is 1. The molecule has 0 aliphatic carbocycles. The van der Waals surface area contributed by atoms with Crippen molar-refractivity contribution < 1.29 is 9.84 Å². The van der Waals surface area contributed by atoms with Crippen molar-refractivity contribution in [2.75, 3.05) is 18.0 Å². The number of piperidine rings is 1. The first-order chi connectivity index (χ1) is 11.7. The van der Waals surface area contributed by atoms with Crippen LogP contribution in [-0.2, 0) is 5.11 Å². The first-order valence-electron chi connectivity index (χ1n) is 8.22. The van der Waals surface area contributed by atoms with Crippen LogP contribution < -0.4 is 9.64 Å². The van der Waals surface area contributed by atoms with Gasteiger partial charge in [0.05, 0.1) is 15.9 Å². The Balaban J connectivity index is 1.43. The van der Waals surface area contributed by atoms with E-state index in [-0.39, 0.29) is 11.9 Å². The fourth-order valence-corrected chi connectivity index (χ4v) is 3.84. The summed E-state index contributed by atoms with van der Waals surface area (Å²) in [6, 6.07) is 12.1. The smallest absolute Gasteiger partial charge is 0.228 e. The van der Waals surface area contributed by atoms with Gasteiger partial charge in [0.1, 0.15) is 17.4 Å². The van der Waals surface area contributed by atoms with E-state index in [2.05, 4.69) is 28.9 Å². The molecule has 2 heterocycles. The quantitative estimate of drug-likeness (QED) is 0.689. The zero-order valence-electron chi connectivity index (χ0n) is 13.6. The van der Waals surface area contributed by atoms with Crippen LogP contribution in [0.1, 0.15) is 18.4 Å². The molecular formula is C19H19N2O2S. The number of benzene rings is 2. The molecule has 0 saturated carbocycles. The molecule has 0 bridgehead atoms. The summed E-state index contributed by atoms with van der Waals surface area (Å²) in [5.41, 5.74) is 4.33. The van der Waals surface area contributed by atoms with E-state index in [4.69, 9.17) is 4.74 Å². The van der Waals surface area contributed by atoms with Gasteiger partial charge in [0, 0.05) is 25.9 Å². The molecule has 0 spiro atoms. The Morgan fingerprint density at radius 3 is 2.62 bits per heavy atom. The first kappa shape index (κ1) is 15.3. The number of aromatic nitrogens is 1. The van der Waals surface area contributed by atoms with Crippen LogP contribution in [0, 0.1) is 6.92 Å². The van der Waals surface area contributed by atoms with Gasteiger partial charge in [-0.1, -0.05) is 17.7 Å². The van der Waals surface area contributed by atoms with Crippen molar-refractivity contribution in [2.45, 2.75) is 25.9 Å². The van der Waals surface area contributed by atoms with Gasteiger partial charge in [-0.05, 0) is 31.2 Å². The van der Waals surface area contributed by atoms with Crippen molar-refractivity contribution in [3.63, 3.8) is 0 Å². The average molecular weight is 339 g/mol. The van der Waals surface area contributed by atoms with Crippen molar-refractivity contribution in [1.82, 2.24) is 4.98 Å². The van der Waals surface area contributed by atoms with Crippen molar-refractivity contribution in [3.8, 4) is 11.5 Å². The molecule has 3 aromatic rings. The maximum atomic E-state index is 12.6. The molecule has 0 unspecified atom stereocenters. The van der Waals surface area contributed by atoms with E-state index < -0.39 is 0 Å². The van der Waals surface area contributed by atoms with Gasteiger partial charge in [0.2, 0.25) is 5.75 Å². The summed E-state index contributed by atoms with van der Waals surface area (Å²) < 4.78 is 7.03. The van der Waals surface area contributed by atoms with Gasteiger partial charge in [0.25, 0.3) is 0 Å². The second-order valence-electron chi connectivity index (χ2n) is 6.23. The summed E-state index contributed by atoms with van der Waals surface area (Å²) in [4.78, 5) is 6.37. The molecular weight excluding hydrogens is 320 g/mol. The summed E-state index contributed by atoms with van der Waals surface area (Å²) in [6.07, 6.45) is 2.05. The summed E-state index contributed by atoms with van der Waals surface area (Å²) in [5, 5.41) is 12.6. The molecule has 1 saturated heterocycles. The molecule has 0 atom stereocenters. The predicted octanol–water partition coefficient (Wildman–Crippen LogP) is 4.80. The molecule has 1 aromatic heterocycles. The van der Waals surface area contributed by atoms with Crippen LogP contribution >= 0.6 is 11.3 Å². The fourth-order valence-electron chi connectivity index (χ4n) is 3.17. The molecule has 0 amide bonds. The van der Waals surface area contributed by atoms with Crippen molar-refractivity contribution in [3.05, 3.63) is 47.5 Å². The number of hydrogen-bond acceptors (Lipinski definition) is 4. The highest BCUT2D eigenvalue weighted by molar-refractivity contribution is 7.16. The lowest BCUT2D eigenvalue weighted by molar-refractivity contribution is 0.170. The lowest BCUT2D eigenvalue weighted by Crippen LogP contribution is -2.38. The number of nitrogens with zero attached hydrogens (tertiary/aromatic N) is 2. The van der Waals surface area contributed by atoms with Crippen LogP contribution in [0.15, 0.2) is 41.9 Å². The minimum absolute atomic E-state index is 0.0478. The van der Waals surface area contributed by atoms with Crippen molar-refractivity contribution >= 4 is 27.2 Å². The number of rotatable bonds is 3. The van der Waals surface area contributed by atoms with Crippen molar-refractivity contribution in [2.24, 2.45) is 0 Å². The Hall–Kier alpha value is -2.27. The largest absolute Gasteiger partial charge is 0.490 e. The van der Waals surface area contributed by atoms with Crippen LogP contribution in [-0.4, -0.2) is 24.2 Å². The standard InChI is InChI=1S/C19H19N2O2S/c1-13-2-4-14(5-3-13)23-15-8-10-21(11-9-15)16-6-7-17-18(19(16)22)20-12-24-17/h2-7,12,15H,8-11H2,1H3. The SMILES string of the molecule is Cc1ccc(OC2CCN(c3ccc4scnc4c3[O])CC2)cc1. The van der Waals surface area contributed by atoms with Gasteiger partial charge in [-0.3, -0.25) is 5.11 Å². The molecule has 5 heteroatoms. The number of thiazole rings is 1. The molecule has 0 N–H and O–H groups in total. The van der Waals surface area contributed by atoms with Crippen LogP contribution in [0.2, 0.25) is 0 Å². The molecule has 4 nitrogen and oxygen atoms in total. The Kier molecular flexibility index (Phi) is 4.02. The average Bonchev–Trinajstić information content (AvgIpc) is 3.08. The van der Waals surface area contributed by atoms with E-state index in [1.165, 1.54) is 16.9 Å². The fraction of sp³-hybridized carbons (Fsp3) is 0.316. The summed E-state index contributed by atoms with van der Waals surface area (Å²) in [7, 11) is 0. The van der Waals surface area contributed by atoms with Gasteiger partial charge in [-0.2, -0.15) is 0 Å². The number of aryl methyl sites for hydroxylation is 1. The molecule has 123 valence electrons. The molecule has 2 aromatic carbocycles. The normalized spacial score (nSPS) is 15.8. The van der Waals surface area contributed by atoms with Crippen LogP contribution in [0.3, 0.4) is 0 Å². The van der Waals surface area contributed by atoms with Gasteiger partial charge in [-0.15, -0.1) is 11.3 Å². The molecule has 1 aliphatic heterocycles. The molecule has 1 fully saturated rings. The van der Waals surface area contributed by atoms with Gasteiger partial charge in [-0.25, -0.2) is 4.98 Å². The predicted molar refractivity (Wildman–Crippen MR) is 96.8 cm³/mol. The molecule has 24 heavy (non-hydrogen) atoms. The number of ether oxygens (including phenoxy) is 1. The topological polar surface area (TPSA) is 45.3 Å². The minimum Gasteiger partial charge on any atom is -0.490 e. The van der Waals surface area contributed by atoms with Gasteiger partial charge in [0.15, 0.2) is 0 Å². The number of anilines is 1. The highest BCUT2D eigenvalue weighted by Gasteiger charge is 2.24. The molecule has 1 radical (unpaired) electrons. The van der Waals surface area contributed by atoms with E-state index in [9.17, 15) is 5.11 Å². The van der Waals surface area contributed by atoms with E-state index >= 15 is 0 Å². The minimum atomic E-state index is 0.0478. The Morgan fingerprint density at radius 1 is 1.12 bits per heavy atom. The maximum absolute atomic E-state index is 12.6. The summed E-state index contributed by atoms with van der Waals surface area (Å²) >= 11 is 1.51. The van der Waals surface area contributed by atoms with Crippen molar-refractivity contribution in [1.29, 1.82) is 0 Å². The third-order valence-electron chi connectivity index (χ3n) is 4.54. The second kappa shape index (κ2) is 6.32.